The minimum Gasteiger partial charge on any atom is -0.287 e. The van der Waals surface area contributed by atoms with Crippen LogP contribution in [0.15, 0.2) is 0 Å². The third-order valence-electron chi connectivity index (χ3n) is 3.13. The lowest BCUT2D eigenvalue weighted by Crippen LogP contribution is -2.16. The first kappa shape index (κ1) is 19.1. The number of phosphoric acid groups is 1. The van der Waals surface area contributed by atoms with Crippen molar-refractivity contribution >= 4 is 7.82 Å². The number of hydrogen-bond acceptors (Lipinski definition) is 4. The van der Waals surface area contributed by atoms with Crippen molar-refractivity contribution in [1.82, 2.24) is 0 Å². The Labute approximate surface area is 118 Å². The van der Waals surface area contributed by atoms with Gasteiger partial charge in [-0.1, -0.05) is 41.0 Å². The van der Waals surface area contributed by atoms with Gasteiger partial charge in [-0.3, -0.25) is 13.6 Å². The SMILES string of the molecule is CCCCOP(=O)(OC(CC)CC)OC(CC)CC. The molecule has 0 heterocycles. The van der Waals surface area contributed by atoms with Crippen LogP contribution in [0.1, 0.15) is 73.1 Å². The molecule has 0 aliphatic rings. The van der Waals surface area contributed by atoms with Crippen molar-refractivity contribution in [3.8, 4) is 0 Å². The molecule has 0 radical (unpaired) electrons. The molecule has 0 spiro atoms. The van der Waals surface area contributed by atoms with Crippen molar-refractivity contribution in [3.63, 3.8) is 0 Å². The Balaban J connectivity index is 4.64. The fraction of sp³-hybridized carbons (Fsp3) is 1.00. The fourth-order valence-corrected chi connectivity index (χ4v) is 3.50. The molecule has 0 aromatic rings. The van der Waals surface area contributed by atoms with Crippen molar-refractivity contribution in [3.05, 3.63) is 0 Å². The lowest BCUT2D eigenvalue weighted by atomic mass is 10.2. The molecule has 0 fully saturated rings. The van der Waals surface area contributed by atoms with Gasteiger partial charge in [0.25, 0.3) is 0 Å². The molecule has 0 aromatic heterocycles. The van der Waals surface area contributed by atoms with Crippen molar-refractivity contribution in [1.29, 1.82) is 0 Å². The molecule has 19 heavy (non-hydrogen) atoms. The highest BCUT2D eigenvalue weighted by molar-refractivity contribution is 7.48. The van der Waals surface area contributed by atoms with E-state index in [1.54, 1.807) is 0 Å². The third-order valence-corrected chi connectivity index (χ3v) is 4.74. The lowest BCUT2D eigenvalue weighted by molar-refractivity contribution is 0.0467. The number of unbranched alkanes of at least 4 members (excludes halogenated alkanes) is 1. The van der Waals surface area contributed by atoms with Crippen LogP contribution < -0.4 is 0 Å². The minimum atomic E-state index is -3.43. The molecule has 0 amide bonds. The van der Waals surface area contributed by atoms with E-state index < -0.39 is 7.82 Å². The zero-order valence-electron chi connectivity index (χ0n) is 13.2. The summed E-state index contributed by atoms with van der Waals surface area (Å²) in [5, 5.41) is 0. The van der Waals surface area contributed by atoms with E-state index in [0.717, 1.165) is 38.5 Å². The zero-order valence-corrected chi connectivity index (χ0v) is 14.1. The van der Waals surface area contributed by atoms with Crippen molar-refractivity contribution in [2.45, 2.75) is 85.4 Å². The van der Waals surface area contributed by atoms with Crippen LogP contribution in [0.2, 0.25) is 0 Å². The first-order valence-corrected chi connectivity index (χ1v) is 9.12. The molecule has 4 nitrogen and oxygen atoms in total. The van der Waals surface area contributed by atoms with Crippen LogP contribution in [0.25, 0.3) is 0 Å². The Bertz CT molecular complexity index is 232. The highest BCUT2D eigenvalue weighted by atomic mass is 31.2. The summed E-state index contributed by atoms with van der Waals surface area (Å²) in [4.78, 5) is 0. The van der Waals surface area contributed by atoms with Gasteiger partial charge < -0.3 is 0 Å². The van der Waals surface area contributed by atoms with E-state index in [1.165, 1.54) is 0 Å². The van der Waals surface area contributed by atoms with E-state index in [2.05, 4.69) is 6.92 Å². The maximum Gasteiger partial charge on any atom is 0.475 e. The molecule has 5 heteroatoms. The van der Waals surface area contributed by atoms with Crippen LogP contribution >= 0.6 is 7.82 Å². The maximum absolute atomic E-state index is 12.7. The van der Waals surface area contributed by atoms with E-state index in [4.69, 9.17) is 13.6 Å². The van der Waals surface area contributed by atoms with Crippen LogP contribution in [0.5, 0.6) is 0 Å². The van der Waals surface area contributed by atoms with Gasteiger partial charge in [0.05, 0.1) is 18.8 Å². The molecule has 116 valence electrons. The minimum absolute atomic E-state index is 0.0678. The number of hydrogen-bond donors (Lipinski definition) is 0. The van der Waals surface area contributed by atoms with Crippen molar-refractivity contribution in [2.24, 2.45) is 0 Å². The Kier molecular flexibility index (Phi) is 10.9. The smallest absolute Gasteiger partial charge is 0.287 e. The second-order valence-corrected chi connectivity index (χ2v) is 6.30. The van der Waals surface area contributed by atoms with Gasteiger partial charge in [-0.2, -0.15) is 0 Å². The first-order valence-electron chi connectivity index (χ1n) is 7.66. The Morgan fingerprint density at radius 3 is 1.58 bits per heavy atom. The highest BCUT2D eigenvalue weighted by Gasteiger charge is 2.32. The molecule has 0 saturated carbocycles. The first-order chi connectivity index (χ1) is 9.05. The zero-order chi connectivity index (χ0) is 14.7. The number of rotatable bonds is 12. The summed E-state index contributed by atoms with van der Waals surface area (Å²) < 4.78 is 29.4. The monoisotopic (exact) mass is 294 g/mol. The van der Waals surface area contributed by atoms with E-state index in [1.807, 2.05) is 27.7 Å². The van der Waals surface area contributed by atoms with Gasteiger partial charge in [0.15, 0.2) is 0 Å². The topological polar surface area (TPSA) is 44.8 Å². The molecule has 0 aromatic carbocycles. The summed E-state index contributed by atoms with van der Waals surface area (Å²) in [5.41, 5.74) is 0. The molecular weight excluding hydrogens is 263 g/mol. The summed E-state index contributed by atoms with van der Waals surface area (Å²) >= 11 is 0. The van der Waals surface area contributed by atoms with E-state index in [-0.39, 0.29) is 12.2 Å². The van der Waals surface area contributed by atoms with Gasteiger partial charge >= 0.3 is 7.82 Å². The standard InChI is InChI=1S/C14H31O4P/c1-6-11-12-16-19(15,17-13(7-2)8-3)18-14(9-4)10-5/h13-14H,6-12H2,1-5H3. The average Bonchev–Trinajstić information content (AvgIpc) is 2.42. The van der Waals surface area contributed by atoms with Crippen LogP contribution in [-0.2, 0) is 18.1 Å². The predicted molar refractivity (Wildman–Crippen MR) is 79.4 cm³/mol. The summed E-state index contributed by atoms with van der Waals surface area (Å²) in [6.07, 6.45) is 4.96. The summed E-state index contributed by atoms with van der Waals surface area (Å²) in [7, 11) is -3.43. The Morgan fingerprint density at radius 2 is 1.26 bits per heavy atom. The second kappa shape index (κ2) is 10.8. The summed E-state index contributed by atoms with van der Waals surface area (Å²) in [6.45, 7) is 10.6. The van der Waals surface area contributed by atoms with Crippen LogP contribution in [0, 0.1) is 0 Å². The Morgan fingerprint density at radius 1 is 0.842 bits per heavy atom. The molecule has 0 atom stereocenters. The highest BCUT2D eigenvalue weighted by Crippen LogP contribution is 2.53. The van der Waals surface area contributed by atoms with Crippen LogP contribution in [0.4, 0.5) is 0 Å². The molecule has 0 rings (SSSR count). The van der Waals surface area contributed by atoms with Crippen LogP contribution in [-0.4, -0.2) is 18.8 Å². The summed E-state index contributed by atoms with van der Waals surface area (Å²) in [6, 6.07) is 0. The van der Waals surface area contributed by atoms with Crippen LogP contribution in [0.3, 0.4) is 0 Å². The number of phosphoric ester groups is 1. The second-order valence-electron chi connectivity index (χ2n) is 4.72. The summed E-state index contributed by atoms with van der Waals surface area (Å²) in [5.74, 6) is 0. The van der Waals surface area contributed by atoms with Gasteiger partial charge in [-0.25, -0.2) is 4.57 Å². The lowest BCUT2D eigenvalue weighted by Gasteiger charge is -2.25. The predicted octanol–water partition coefficient (Wildman–Crippen LogP) is 5.32. The van der Waals surface area contributed by atoms with Gasteiger partial charge in [-0.15, -0.1) is 0 Å². The van der Waals surface area contributed by atoms with E-state index >= 15 is 0 Å². The van der Waals surface area contributed by atoms with E-state index in [0.29, 0.717) is 6.61 Å². The van der Waals surface area contributed by atoms with Gasteiger partial charge in [-0.05, 0) is 32.1 Å². The van der Waals surface area contributed by atoms with E-state index in [9.17, 15) is 4.57 Å². The van der Waals surface area contributed by atoms with Gasteiger partial charge in [0.2, 0.25) is 0 Å². The molecule has 0 unspecified atom stereocenters. The molecule has 0 aliphatic heterocycles. The largest absolute Gasteiger partial charge is 0.475 e. The fourth-order valence-electron chi connectivity index (χ4n) is 1.65. The molecule has 0 aliphatic carbocycles. The van der Waals surface area contributed by atoms with Crippen molar-refractivity contribution in [2.75, 3.05) is 6.61 Å². The average molecular weight is 294 g/mol. The van der Waals surface area contributed by atoms with Crippen molar-refractivity contribution < 1.29 is 18.1 Å². The quantitative estimate of drug-likeness (QED) is 0.361. The van der Waals surface area contributed by atoms with Gasteiger partial charge in [0, 0.05) is 0 Å². The molecular formula is C14H31O4P. The molecule has 0 saturated heterocycles. The normalized spacial score (nSPS) is 12.6. The molecule has 0 bridgehead atoms. The Hall–Kier alpha value is 0.110. The maximum atomic E-state index is 12.7. The van der Waals surface area contributed by atoms with Gasteiger partial charge in [0.1, 0.15) is 0 Å². The third kappa shape index (κ3) is 8.09. The molecule has 0 N–H and O–H groups in total.